The van der Waals surface area contributed by atoms with Crippen LogP contribution in [0.3, 0.4) is 0 Å². The van der Waals surface area contributed by atoms with Crippen molar-refractivity contribution in [2.45, 2.75) is 226 Å². The molecule has 7 heterocycles. The molecule has 2 bridgehead atoms. The fourth-order valence-corrected chi connectivity index (χ4v) is 14.0. The van der Waals surface area contributed by atoms with E-state index in [0.29, 0.717) is 111 Å². The van der Waals surface area contributed by atoms with E-state index < -0.39 is 89.5 Å². The number of aliphatic hydroxyl groups is 3. The number of nitrogen functional groups attached to an aromatic ring is 1. The molecule has 23 nitrogen and oxygen atoms in total. The van der Waals surface area contributed by atoms with Gasteiger partial charge in [-0.05, 0) is 163 Å². The second kappa shape index (κ2) is 33.0. The number of hydrogen-bond donors (Lipinski definition) is 5. The van der Waals surface area contributed by atoms with Crippen molar-refractivity contribution in [3.63, 3.8) is 0 Å². The minimum Gasteiger partial charge on any atom is -0.489 e. The summed E-state index contributed by atoms with van der Waals surface area (Å²) in [5.41, 5.74) is 7.81. The minimum absolute atomic E-state index is 0.0255. The molecule has 16 atom stereocenters. The highest BCUT2D eigenvalue weighted by molar-refractivity contribution is 6.39. The second-order valence-corrected chi connectivity index (χ2v) is 27.6. The lowest BCUT2D eigenvalue weighted by Crippen LogP contribution is -2.61. The number of esters is 1. The molecule has 4 fully saturated rings. The van der Waals surface area contributed by atoms with Gasteiger partial charge in [-0.3, -0.25) is 19.2 Å². The first-order valence-corrected chi connectivity index (χ1v) is 33.9. The number of imidazole rings is 1. The number of hydrogen-bond acceptors (Lipinski definition) is 21. The first-order valence-electron chi connectivity index (χ1n) is 33.9. The number of fused-ring (bicyclic) bond motifs is 4. The van der Waals surface area contributed by atoms with E-state index in [1.54, 1.807) is 47.1 Å². The number of aromatic nitrogens is 5. The largest absolute Gasteiger partial charge is 0.489 e. The van der Waals surface area contributed by atoms with Crippen LogP contribution in [0.1, 0.15) is 165 Å². The number of nitrogens with one attached hydrogen (secondary N) is 1. The number of nitrogens with zero attached hydrogens (tertiary/aromatic N) is 6. The number of carbonyl (C=O) groups excluding carboxylic acids is 5. The van der Waals surface area contributed by atoms with Gasteiger partial charge in [0.25, 0.3) is 11.7 Å². The number of nitrogens with two attached hydrogens (primary N) is 1. The molecule has 94 heavy (non-hydrogen) atoms. The van der Waals surface area contributed by atoms with Crippen molar-refractivity contribution in [1.29, 1.82) is 0 Å². The third kappa shape index (κ3) is 17.9. The molecule has 516 valence electrons. The summed E-state index contributed by atoms with van der Waals surface area (Å²) in [6.07, 6.45) is 13.2. The van der Waals surface area contributed by atoms with Crippen LogP contribution in [0, 0.1) is 53.3 Å². The number of ether oxygens (including phenoxy) is 6. The number of piperidine rings is 2. The van der Waals surface area contributed by atoms with Crippen LogP contribution in [0.2, 0.25) is 0 Å². The monoisotopic (exact) mass is 1310 g/mol. The summed E-state index contributed by atoms with van der Waals surface area (Å²) < 4.78 is 44.5. The lowest BCUT2D eigenvalue weighted by molar-refractivity contribution is -0.266. The lowest BCUT2D eigenvalue weighted by Gasteiger charge is -2.43. The van der Waals surface area contributed by atoms with Crippen molar-refractivity contribution < 1.29 is 72.3 Å². The van der Waals surface area contributed by atoms with Crippen LogP contribution in [-0.2, 0) is 54.2 Å². The van der Waals surface area contributed by atoms with Gasteiger partial charge >= 0.3 is 5.97 Å². The van der Waals surface area contributed by atoms with E-state index in [1.165, 1.54) is 12.0 Å². The molecule has 5 aliphatic rings. The number of ketones is 3. The van der Waals surface area contributed by atoms with E-state index in [9.17, 15) is 39.3 Å². The smallest absolute Gasteiger partial charge is 0.329 e. The number of anilines is 1. The molecule has 8 rings (SSSR count). The van der Waals surface area contributed by atoms with Crippen LogP contribution in [-0.4, -0.2) is 175 Å². The van der Waals surface area contributed by atoms with Crippen molar-refractivity contribution in [2.24, 2.45) is 41.4 Å². The summed E-state index contributed by atoms with van der Waals surface area (Å²) in [7, 11) is 2.93. The van der Waals surface area contributed by atoms with Crippen molar-refractivity contribution >= 4 is 46.1 Å². The highest BCUT2D eigenvalue weighted by Gasteiger charge is 2.53. The average Bonchev–Trinajstić information content (AvgIpc) is 1.47. The van der Waals surface area contributed by atoms with Crippen molar-refractivity contribution in [2.75, 3.05) is 46.2 Å². The normalized spacial score (nSPS) is 33.4. The van der Waals surface area contributed by atoms with Gasteiger partial charge in [-0.15, -0.1) is 0 Å². The Balaban J connectivity index is 1.12. The molecule has 6 N–H and O–H groups in total. The number of Topliss-reactive ketones (excluding diaryl/α,β-unsaturated/α-hetero) is 3. The van der Waals surface area contributed by atoms with Crippen LogP contribution in [0.15, 0.2) is 58.4 Å². The highest BCUT2D eigenvalue weighted by atomic mass is 16.6. The van der Waals surface area contributed by atoms with Gasteiger partial charge in [-0.2, -0.15) is 0 Å². The van der Waals surface area contributed by atoms with Crippen LogP contribution >= 0.6 is 0 Å². The number of methoxy groups -OCH3 is 2. The molecule has 0 radical (unpaired) electrons. The molecule has 3 aromatic rings. The van der Waals surface area contributed by atoms with Crippen LogP contribution in [0.25, 0.3) is 22.6 Å². The molecular weight excluding hydrogens is 1200 g/mol. The molecule has 1 unspecified atom stereocenters. The Kier molecular flexibility index (Phi) is 25.7. The van der Waals surface area contributed by atoms with Gasteiger partial charge in [-0.25, -0.2) is 19.4 Å². The zero-order chi connectivity index (χ0) is 68.2. The molecule has 23 heteroatoms. The zero-order valence-electron chi connectivity index (χ0n) is 57.1. The summed E-state index contributed by atoms with van der Waals surface area (Å²) in [6.45, 7) is 20.9. The molecule has 0 aromatic carbocycles. The number of carbonyl (C=O) groups is 5. The van der Waals surface area contributed by atoms with Gasteiger partial charge < -0.3 is 64.3 Å². The maximum Gasteiger partial charge on any atom is 0.329 e. The van der Waals surface area contributed by atoms with E-state index in [-0.39, 0.29) is 72.7 Å². The summed E-state index contributed by atoms with van der Waals surface area (Å²) in [4.78, 5) is 83.8. The Morgan fingerprint density at radius 2 is 1.69 bits per heavy atom. The topological polar surface area (TPSA) is 312 Å². The Hall–Kier alpha value is -6.49. The predicted octanol–water partition coefficient (Wildman–Crippen LogP) is 8.16. The summed E-state index contributed by atoms with van der Waals surface area (Å²) in [6, 6.07) is -1.22. The van der Waals surface area contributed by atoms with Gasteiger partial charge in [0, 0.05) is 70.4 Å². The maximum absolute atomic E-state index is 14.9. The Morgan fingerprint density at radius 3 is 2.39 bits per heavy atom. The van der Waals surface area contributed by atoms with E-state index in [2.05, 4.69) is 27.5 Å². The molecule has 0 spiro atoms. The Labute approximate surface area is 553 Å². The number of amides is 1. The van der Waals surface area contributed by atoms with Crippen LogP contribution < -0.4 is 15.8 Å². The van der Waals surface area contributed by atoms with E-state index >= 15 is 0 Å². The molecular formula is C71H102N8O15. The summed E-state index contributed by atoms with van der Waals surface area (Å²) in [5.74, 6) is -0.909. The number of pyridine rings is 1. The average molecular weight is 1310 g/mol. The zero-order valence-corrected chi connectivity index (χ0v) is 57.1. The molecule has 3 aromatic heterocycles. The maximum atomic E-state index is 14.9. The summed E-state index contributed by atoms with van der Waals surface area (Å²) in [5, 5.41) is 46.2. The molecule has 1 aliphatic carbocycles. The third-order valence-corrected chi connectivity index (χ3v) is 19.8. The molecule has 3 saturated heterocycles. The van der Waals surface area contributed by atoms with Crippen LogP contribution in [0.5, 0.6) is 5.75 Å². The fraction of sp³-hybridized carbons (Fsp3) is 0.676. The second-order valence-electron chi connectivity index (χ2n) is 27.6. The molecule has 1 saturated carbocycles. The minimum atomic E-state index is -2.59. The number of rotatable bonds is 12. The van der Waals surface area contributed by atoms with Crippen LogP contribution in [0.4, 0.5) is 5.82 Å². The number of aliphatic hydroxyl groups excluding tert-OH is 2. The standard InChI is InChI=1S/C71H102N8O15/c1-13-78-61-58(90-40-49-22-19-30-73-38-49)39-74-51(59(61)75-67(78)60-66(72)77-94-76-60)28-29-70(9,10)93-56-36-50-26-24-47(8)71(87,92-50)65(84)68(85)79-31-18-17-23-52(79)69(86)91-55(44(5)34-48-25-27-53(80)57(35-48)88-11)37-54(81)43(4)33-46(7)63(83)64(89-12)62(82)45(6)32-41(2)20-15-14-16-21-42(56)3/h14-16,20-21,33,39,41,43-45,47-50,52-53,55-57,63-64,73,80,83,87H,13,17-19,22-27,30-32,34-38,40H2,1-12H3,(H2,72,77)/b16-14+,20-15+,42-21-,46-33+/t41-,43-,44?,45-,47-,48-,49+,50+,52+,53-,55+,56-,57-,63-,64+,71-/m1/s1. The summed E-state index contributed by atoms with van der Waals surface area (Å²) >= 11 is 0. The van der Waals surface area contributed by atoms with Gasteiger partial charge in [0.05, 0.1) is 37.2 Å². The molecule has 1 amide bonds. The first kappa shape index (κ1) is 73.3. The lowest BCUT2D eigenvalue weighted by atomic mass is 9.78. The fourth-order valence-electron chi connectivity index (χ4n) is 14.0. The third-order valence-electron chi connectivity index (χ3n) is 19.8. The quantitative estimate of drug-likeness (QED) is 0.0494. The van der Waals surface area contributed by atoms with Gasteiger partial charge in [0.15, 0.2) is 28.9 Å². The molecule has 4 aliphatic heterocycles. The number of cyclic esters (lactones) is 1. The highest BCUT2D eigenvalue weighted by Crippen LogP contribution is 2.40. The van der Waals surface area contributed by atoms with E-state index in [1.807, 2.05) is 76.5 Å². The van der Waals surface area contributed by atoms with E-state index in [4.69, 9.17) is 48.8 Å². The van der Waals surface area contributed by atoms with E-state index in [0.717, 1.165) is 31.5 Å². The Bertz CT molecular complexity index is 3320. The number of allylic oxidation sites excluding steroid dienone is 6. The van der Waals surface area contributed by atoms with Crippen molar-refractivity contribution in [3.8, 4) is 29.1 Å². The van der Waals surface area contributed by atoms with Crippen molar-refractivity contribution in [3.05, 3.63) is 59.5 Å². The number of aryl methyl sites for hydroxylation is 1. The predicted molar refractivity (Wildman–Crippen MR) is 352 cm³/mol. The van der Waals surface area contributed by atoms with Gasteiger partial charge in [0.2, 0.25) is 5.79 Å². The van der Waals surface area contributed by atoms with Crippen molar-refractivity contribution in [1.82, 2.24) is 35.1 Å². The van der Waals surface area contributed by atoms with Gasteiger partial charge in [0.1, 0.15) is 52.5 Å². The first-order chi connectivity index (χ1) is 44.8. The Morgan fingerprint density at radius 1 is 0.915 bits per heavy atom. The SMILES string of the molecule is CCn1c(-c2nonc2N)nc2c(C#CC(C)(C)O[C@@H]3C[C@@H]4CC[C@@H](C)[C@@](O)(O4)C(=O)C(=O)N4CCCC[C@H]4C(=O)O[C@H](C(C)C[C@H]4CC[C@@H](O)[C@H](OC)C4)CC(=O)[C@H](C)/C=C(\C)[C@@H](O)[C@@H](OC)C(=O)[C@H](C)C[C@H](C)/C=C/C=C/C=C\3C)ncc(OC[C@H]3CCCNC3)c21. The van der Waals surface area contributed by atoms with Gasteiger partial charge in [-0.1, -0.05) is 77.0 Å².